The van der Waals surface area contributed by atoms with Gasteiger partial charge in [0.25, 0.3) is 6.43 Å². The molecule has 0 aliphatic rings. The lowest BCUT2D eigenvalue weighted by molar-refractivity contribution is 0.146. The van der Waals surface area contributed by atoms with Gasteiger partial charge in [-0.2, -0.15) is 9.65 Å². The number of hydrogen-bond acceptors (Lipinski definition) is 3. The number of methoxy groups -OCH3 is 1. The van der Waals surface area contributed by atoms with Crippen molar-refractivity contribution >= 4 is 0 Å². The molecule has 0 saturated heterocycles. The molecule has 1 heterocycles. The molecule has 0 atom stereocenters. The van der Waals surface area contributed by atoms with Crippen molar-refractivity contribution < 1.29 is 17.9 Å². The Kier molecular flexibility index (Phi) is 2.92. The maximum Gasteiger partial charge on any atom is 0.267 e. The molecule has 74 valence electrons. The lowest BCUT2D eigenvalue weighted by Crippen LogP contribution is -2.00. The Morgan fingerprint density at radius 1 is 1.57 bits per heavy atom. The summed E-state index contributed by atoms with van der Waals surface area (Å²) in [6.45, 7) is 0. The topological polar surface area (TPSA) is 45.9 Å². The Hall–Kier alpha value is -1.77. The summed E-state index contributed by atoms with van der Waals surface area (Å²) in [5, 5.41) is 8.48. The van der Waals surface area contributed by atoms with Crippen LogP contribution in [0.2, 0.25) is 0 Å². The minimum absolute atomic E-state index is 0.385. The van der Waals surface area contributed by atoms with Crippen molar-refractivity contribution in [2.45, 2.75) is 6.43 Å². The first-order chi connectivity index (χ1) is 6.60. The van der Waals surface area contributed by atoms with Crippen LogP contribution < -0.4 is 4.74 Å². The Labute approximate surface area is 77.7 Å². The minimum atomic E-state index is -2.91. The third-order valence-electron chi connectivity index (χ3n) is 1.52. The van der Waals surface area contributed by atoms with Crippen molar-refractivity contribution in [1.29, 1.82) is 5.26 Å². The van der Waals surface area contributed by atoms with Crippen LogP contribution in [-0.4, -0.2) is 12.1 Å². The van der Waals surface area contributed by atoms with E-state index in [4.69, 9.17) is 5.26 Å². The lowest BCUT2D eigenvalue weighted by atomic mass is 10.2. The van der Waals surface area contributed by atoms with E-state index in [1.807, 2.05) is 0 Å². The van der Waals surface area contributed by atoms with Crippen molar-refractivity contribution in [3.05, 3.63) is 23.3 Å². The summed E-state index contributed by atoms with van der Waals surface area (Å²) in [6.07, 6.45) is -2.91. The molecule has 0 saturated carbocycles. The summed E-state index contributed by atoms with van der Waals surface area (Å²) in [5.74, 6) is -1.51. The molecule has 1 aromatic heterocycles. The molecule has 14 heavy (non-hydrogen) atoms. The SMILES string of the molecule is COc1c(C(F)F)cc(F)nc1C#N. The highest BCUT2D eigenvalue weighted by Gasteiger charge is 2.20. The van der Waals surface area contributed by atoms with Gasteiger partial charge >= 0.3 is 0 Å². The van der Waals surface area contributed by atoms with Crippen molar-refractivity contribution in [2.75, 3.05) is 7.11 Å². The summed E-state index contributed by atoms with van der Waals surface area (Å²) in [4.78, 5) is 3.12. The van der Waals surface area contributed by atoms with Crippen LogP contribution in [0.1, 0.15) is 17.7 Å². The van der Waals surface area contributed by atoms with E-state index in [1.54, 1.807) is 0 Å². The molecule has 0 fully saturated rings. The lowest BCUT2D eigenvalue weighted by Gasteiger charge is -2.08. The van der Waals surface area contributed by atoms with Gasteiger partial charge in [0.05, 0.1) is 12.7 Å². The highest BCUT2D eigenvalue weighted by molar-refractivity contribution is 5.44. The van der Waals surface area contributed by atoms with Gasteiger partial charge in [-0.15, -0.1) is 0 Å². The summed E-state index contributed by atoms with van der Waals surface area (Å²) in [6, 6.07) is 2.02. The monoisotopic (exact) mass is 202 g/mol. The van der Waals surface area contributed by atoms with Gasteiger partial charge in [-0.1, -0.05) is 0 Å². The van der Waals surface area contributed by atoms with Crippen LogP contribution in [0, 0.1) is 17.3 Å². The van der Waals surface area contributed by atoms with Gasteiger partial charge in [0.1, 0.15) is 6.07 Å². The van der Waals surface area contributed by atoms with Gasteiger partial charge in [-0.25, -0.2) is 13.8 Å². The Bertz CT molecular complexity index is 387. The Balaban J connectivity index is 3.41. The fraction of sp³-hybridized carbons (Fsp3) is 0.250. The van der Waals surface area contributed by atoms with Crippen LogP contribution in [0.5, 0.6) is 5.75 Å². The highest BCUT2D eigenvalue weighted by atomic mass is 19.3. The molecule has 0 amide bonds. The fourth-order valence-corrected chi connectivity index (χ4v) is 0.973. The number of halogens is 3. The first kappa shape index (κ1) is 10.3. The number of pyridine rings is 1. The van der Waals surface area contributed by atoms with Crippen molar-refractivity contribution in [1.82, 2.24) is 4.98 Å². The van der Waals surface area contributed by atoms with Crippen molar-refractivity contribution in [2.24, 2.45) is 0 Å². The molecular formula is C8H5F3N2O. The van der Waals surface area contributed by atoms with E-state index in [0.717, 1.165) is 7.11 Å². The summed E-state index contributed by atoms with van der Waals surface area (Å²) in [5.41, 5.74) is -1.15. The van der Waals surface area contributed by atoms with Crippen LogP contribution in [0.25, 0.3) is 0 Å². The molecule has 0 aromatic carbocycles. The zero-order valence-electron chi connectivity index (χ0n) is 7.09. The first-order valence-corrected chi connectivity index (χ1v) is 3.52. The van der Waals surface area contributed by atoms with E-state index >= 15 is 0 Å². The zero-order valence-corrected chi connectivity index (χ0v) is 7.09. The van der Waals surface area contributed by atoms with Crippen LogP contribution in [0.15, 0.2) is 6.07 Å². The van der Waals surface area contributed by atoms with E-state index in [-0.39, 0.29) is 5.75 Å². The number of rotatable bonds is 2. The van der Waals surface area contributed by atoms with Gasteiger partial charge in [-0.05, 0) is 0 Å². The average molecular weight is 202 g/mol. The molecule has 0 aliphatic heterocycles. The zero-order chi connectivity index (χ0) is 10.7. The third-order valence-corrected chi connectivity index (χ3v) is 1.52. The maximum absolute atomic E-state index is 12.6. The van der Waals surface area contributed by atoms with Gasteiger partial charge in [-0.3, -0.25) is 0 Å². The van der Waals surface area contributed by atoms with Gasteiger partial charge < -0.3 is 4.74 Å². The van der Waals surface area contributed by atoms with Crippen molar-refractivity contribution in [3.8, 4) is 11.8 Å². The standard InChI is InChI=1S/C8H5F3N2O/c1-14-7-4(8(10)11)2-6(9)13-5(7)3-12/h2,8H,1H3. The van der Waals surface area contributed by atoms with Crippen LogP contribution in [0.4, 0.5) is 13.2 Å². The number of hydrogen-bond donors (Lipinski definition) is 0. The van der Waals surface area contributed by atoms with E-state index < -0.39 is 23.6 Å². The molecule has 0 radical (unpaired) electrons. The molecule has 1 rings (SSSR count). The number of aromatic nitrogens is 1. The third kappa shape index (κ3) is 1.76. The largest absolute Gasteiger partial charge is 0.493 e. The van der Waals surface area contributed by atoms with Crippen LogP contribution >= 0.6 is 0 Å². The first-order valence-electron chi connectivity index (χ1n) is 3.52. The van der Waals surface area contributed by atoms with Gasteiger partial charge in [0.2, 0.25) is 5.95 Å². The summed E-state index contributed by atoms with van der Waals surface area (Å²) >= 11 is 0. The average Bonchev–Trinajstić information content (AvgIpc) is 2.16. The normalized spacial score (nSPS) is 10.0. The van der Waals surface area contributed by atoms with Crippen LogP contribution in [-0.2, 0) is 0 Å². The number of ether oxygens (including phenoxy) is 1. The molecule has 0 spiro atoms. The smallest absolute Gasteiger partial charge is 0.267 e. The molecule has 1 aromatic rings. The van der Waals surface area contributed by atoms with E-state index in [2.05, 4.69) is 9.72 Å². The quantitative estimate of drug-likeness (QED) is 0.689. The minimum Gasteiger partial charge on any atom is -0.493 e. The van der Waals surface area contributed by atoms with E-state index in [1.165, 1.54) is 6.07 Å². The Morgan fingerprint density at radius 2 is 2.21 bits per heavy atom. The molecule has 0 aliphatic carbocycles. The Morgan fingerprint density at radius 3 is 2.64 bits per heavy atom. The van der Waals surface area contributed by atoms with Gasteiger partial charge in [0, 0.05) is 6.07 Å². The second-order valence-corrected chi connectivity index (χ2v) is 2.33. The number of alkyl halides is 2. The summed E-state index contributed by atoms with van der Waals surface area (Å²) in [7, 11) is 1.11. The highest BCUT2D eigenvalue weighted by Crippen LogP contribution is 2.31. The number of nitrogens with zero attached hydrogens (tertiary/aromatic N) is 2. The molecular weight excluding hydrogens is 197 g/mol. The predicted molar refractivity (Wildman–Crippen MR) is 40.4 cm³/mol. The van der Waals surface area contributed by atoms with Crippen molar-refractivity contribution in [3.63, 3.8) is 0 Å². The molecule has 3 nitrogen and oxygen atoms in total. The second-order valence-electron chi connectivity index (χ2n) is 2.33. The van der Waals surface area contributed by atoms with Gasteiger partial charge in [0.15, 0.2) is 11.4 Å². The molecule has 6 heteroatoms. The maximum atomic E-state index is 12.6. The predicted octanol–water partition coefficient (Wildman–Crippen LogP) is 2.04. The molecule has 0 bridgehead atoms. The fourth-order valence-electron chi connectivity index (χ4n) is 0.973. The number of nitriles is 1. The second kappa shape index (κ2) is 3.96. The molecule has 0 N–H and O–H groups in total. The summed E-state index contributed by atoms with van der Waals surface area (Å²) < 4.78 is 41.8. The van der Waals surface area contributed by atoms with E-state index in [9.17, 15) is 13.2 Å². The molecule has 0 unspecified atom stereocenters. The van der Waals surface area contributed by atoms with Crippen LogP contribution in [0.3, 0.4) is 0 Å². The van der Waals surface area contributed by atoms with E-state index in [0.29, 0.717) is 6.07 Å².